The third-order valence-electron chi connectivity index (χ3n) is 7.95. The van der Waals surface area contributed by atoms with Gasteiger partial charge in [-0.1, -0.05) is 72.3 Å². The van der Waals surface area contributed by atoms with Gasteiger partial charge in [-0.2, -0.15) is 0 Å². The second kappa shape index (κ2) is 14.2. The van der Waals surface area contributed by atoms with Crippen molar-refractivity contribution in [3.8, 4) is 5.75 Å². The normalized spacial score (nSPS) is 17.6. The first-order valence-corrected chi connectivity index (χ1v) is 14.9. The summed E-state index contributed by atoms with van der Waals surface area (Å²) >= 11 is 6.43. The van der Waals surface area contributed by atoms with Crippen molar-refractivity contribution in [1.29, 1.82) is 0 Å². The van der Waals surface area contributed by atoms with Crippen molar-refractivity contribution < 1.29 is 28.3 Å². The summed E-state index contributed by atoms with van der Waals surface area (Å²) in [7, 11) is 1.74. The number of rotatable bonds is 10. The summed E-state index contributed by atoms with van der Waals surface area (Å²) in [5.41, 5.74) is 4.73. The highest BCUT2D eigenvalue weighted by Gasteiger charge is 2.35. The van der Waals surface area contributed by atoms with Crippen molar-refractivity contribution in [3.63, 3.8) is 0 Å². The molecule has 0 saturated carbocycles. The molecule has 3 heterocycles. The number of halogens is 3. The number of hydrogen-bond acceptors (Lipinski definition) is 8. The summed E-state index contributed by atoms with van der Waals surface area (Å²) in [6.07, 6.45) is 1.79. The molecule has 2 unspecified atom stereocenters. The highest BCUT2D eigenvalue weighted by molar-refractivity contribution is 6.31. The van der Waals surface area contributed by atoms with Crippen LogP contribution in [0.5, 0.6) is 5.75 Å². The van der Waals surface area contributed by atoms with E-state index in [1.165, 1.54) is 4.57 Å². The Hall–Kier alpha value is -4.58. The first-order valence-electron chi connectivity index (χ1n) is 14.5. The lowest BCUT2D eigenvalue weighted by molar-refractivity contribution is -0.161. The molecular formula is C34H33ClF2N4O5. The Bertz CT molecular complexity index is 1790. The monoisotopic (exact) mass is 650 g/mol. The topological polar surface area (TPSA) is 106 Å². The molecule has 240 valence electrons. The van der Waals surface area contributed by atoms with Crippen LogP contribution in [-0.4, -0.2) is 38.6 Å². The molecule has 5 rings (SSSR count). The molecule has 0 bridgehead atoms. The van der Waals surface area contributed by atoms with Gasteiger partial charge in [0.2, 0.25) is 0 Å². The maximum absolute atomic E-state index is 14.1. The number of nitrogens with one attached hydrogen (secondary N) is 1. The van der Waals surface area contributed by atoms with Gasteiger partial charge in [0, 0.05) is 37.5 Å². The number of hydrogen-bond donors (Lipinski definition) is 2. The van der Waals surface area contributed by atoms with Gasteiger partial charge < -0.3 is 24.1 Å². The molecule has 12 heteroatoms. The Labute approximate surface area is 269 Å². The van der Waals surface area contributed by atoms with E-state index in [4.69, 9.17) is 21.2 Å². The smallest absolute Gasteiger partial charge is 0.347 e. The average molecular weight is 651 g/mol. The Kier molecular flexibility index (Phi) is 10.2. The van der Waals surface area contributed by atoms with Crippen molar-refractivity contribution in [3.05, 3.63) is 140 Å². The van der Waals surface area contributed by atoms with Gasteiger partial charge in [-0.05, 0) is 30.5 Å². The highest BCUT2D eigenvalue weighted by atomic mass is 35.5. The first kappa shape index (κ1) is 32.8. The number of ether oxygens (including phenoxy) is 1. The predicted octanol–water partition coefficient (Wildman–Crippen LogP) is 5.73. The average Bonchev–Trinajstić information content (AvgIpc) is 3.04. The van der Waals surface area contributed by atoms with Crippen LogP contribution < -0.4 is 15.8 Å². The number of benzene rings is 2. The molecule has 2 aromatic carbocycles. The predicted molar refractivity (Wildman–Crippen MR) is 168 cm³/mol. The number of carbonyl (C=O) groups excluding carboxylic acids is 1. The zero-order chi connectivity index (χ0) is 33.0. The lowest BCUT2D eigenvalue weighted by Crippen LogP contribution is -2.45. The van der Waals surface area contributed by atoms with E-state index in [0.717, 1.165) is 11.8 Å². The standard InChI is InChI=1S/C34H33ClF2N4O5/c1-20-18-40(3)28(34(44)46-39-31(22-10-6-4-7-11-22)32(42)23-12-8-5-9-13-23)16-27(20)41-21(2)14-29(30(35)33(41)43)45-19-26-25(37)15-24(36)17-38-26/h4-15,17-18,27-28,31-32,39,42H,16,19H2,1-3H3/t27?,28?,31-,32+/m1/s1. The van der Waals surface area contributed by atoms with Crippen LogP contribution in [-0.2, 0) is 16.2 Å². The van der Waals surface area contributed by atoms with Gasteiger partial charge in [0.25, 0.3) is 5.56 Å². The van der Waals surface area contributed by atoms with Gasteiger partial charge >= 0.3 is 5.97 Å². The van der Waals surface area contributed by atoms with Crippen molar-refractivity contribution in [2.75, 3.05) is 7.05 Å². The van der Waals surface area contributed by atoms with Crippen LogP contribution in [0.15, 0.2) is 95.6 Å². The SMILES string of the molecule is CC1=CN(C)C(C(=O)ON[C@H](c2ccccc2)[C@@H](O)c2ccccc2)CC1n1c(C)cc(OCc2ncc(F)cc2F)c(Cl)c1=O. The molecule has 4 atom stereocenters. The quantitative estimate of drug-likeness (QED) is 0.210. The third kappa shape index (κ3) is 7.12. The maximum Gasteiger partial charge on any atom is 0.347 e. The van der Waals surface area contributed by atoms with E-state index >= 15 is 0 Å². The number of nitrogens with zero attached hydrogens (tertiary/aromatic N) is 3. The number of allylic oxidation sites excluding steroid dienone is 1. The Morgan fingerprint density at radius 3 is 2.39 bits per heavy atom. The number of hydroxylamine groups is 1. The van der Waals surface area contributed by atoms with Crippen LogP contribution in [0, 0.1) is 18.6 Å². The zero-order valence-electron chi connectivity index (χ0n) is 25.4. The van der Waals surface area contributed by atoms with Crippen LogP contribution in [0.3, 0.4) is 0 Å². The summed E-state index contributed by atoms with van der Waals surface area (Å²) in [4.78, 5) is 38.1. The van der Waals surface area contributed by atoms with Gasteiger partial charge in [0.15, 0.2) is 5.82 Å². The van der Waals surface area contributed by atoms with Crippen LogP contribution in [0.2, 0.25) is 5.02 Å². The number of carbonyl (C=O) groups is 1. The third-order valence-corrected chi connectivity index (χ3v) is 8.30. The van der Waals surface area contributed by atoms with Crippen molar-refractivity contribution >= 4 is 17.6 Å². The van der Waals surface area contributed by atoms with E-state index in [1.807, 2.05) is 55.5 Å². The molecule has 2 N–H and O–H groups in total. The molecule has 0 amide bonds. The molecule has 0 spiro atoms. The number of likely N-dealkylation sites (N-methyl/N-ethyl adjacent to an activating group) is 1. The molecule has 1 aliphatic heterocycles. The van der Waals surface area contributed by atoms with E-state index in [0.29, 0.717) is 22.9 Å². The molecule has 0 fully saturated rings. The van der Waals surface area contributed by atoms with E-state index in [-0.39, 0.29) is 29.5 Å². The molecule has 9 nitrogen and oxygen atoms in total. The van der Waals surface area contributed by atoms with Crippen molar-refractivity contribution in [1.82, 2.24) is 19.9 Å². The summed E-state index contributed by atoms with van der Waals surface area (Å²) in [5, 5.41) is 11.0. The molecule has 0 radical (unpaired) electrons. The van der Waals surface area contributed by atoms with Gasteiger partial charge in [-0.15, -0.1) is 5.48 Å². The summed E-state index contributed by atoms with van der Waals surface area (Å²) < 4.78 is 34.3. The van der Waals surface area contributed by atoms with E-state index < -0.39 is 47.4 Å². The maximum atomic E-state index is 14.1. The molecule has 0 aliphatic carbocycles. The van der Waals surface area contributed by atoms with Crippen LogP contribution in [0.4, 0.5) is 8.78 Å². The van der Waals surface area contributed by atoms with Gasteiger partial charge in [0.05, 0.1) is 18.3 Å². The number of aromatic nitrogens is 2. The minimum atomic E-state index is -1.02. The van der Waals surface area contributed by atoms with Crippen LogP contribution in [0.1, 0.15) is 54.0 Å². The molecule has 4 aromatic rings. The van der Waals surface area contributed by atoms with E-state index in [1.54, 1.807) is 43.3 Å². The highest BCUT2D eigenvalue weighted by Crippen LogP contribution is 2.34. The fourth-order valence-electron chi connectivity index (χ4n) is 5.52. The van der Waals surface area contributed by atoms with Crippen molar-refractivity contribution in [2.45, 2.75) is 51.1 Å². The second-order valence-electron chi connectivity index (χ2n) is 11.1. The lowest BCUT2D eigenvalue weighted by Gasteiger charge is -2.36. The van der Waals surface area contributed by atoms with E-state index in [2.05, 4.69) is 10.5 Å². The minimum Gasteiger partial charge on any atom is -0.485 e. The van der Waals surface area contributed by atoms with Crippen LogP contribution in [0.25, 0.3) is 0 Å². The lowest BCUT2D eigenvalue weighted by atomic mass is 9.95. The Balaban J connectivity index is 1.34. The van der Waals surface area contributed by atoms with Crippen LogP contribution >= 0.6 is 11.6 Å². The minimum absolute atomic E-state index is 0.0181. The Morgan fingerprint density at radius 1 is 1.09 bits per heavy atom. The van der Waals surface area contributed by atoms with Gasteiger partial charge in [0.1, 0.15) is 41.0 Å². The van der Waals surface area contributed by atoms with E-state index in [9.17, 15) is 23.5 Å². The molecular weight excluding hydrogens is 618 g/mol. The fourth-order valence-corrected chi connectivity index (χ4v) is 5.72. The first-order chi connectivity index (χ1) is 22.0. The molecule has 0 saturated heterocycles. The number of aliphatic hydroxyl groups excluding tert-OH is 1. The van der Waals surface area contributed by atoms with Gasteiger partial charge in [-0.25, -0.2) is 13.6 Å². The summed E-state index contributed by atoms with van der Waals surface area (Å²) in [6.45, 7) is 3.17. The Morgan fingerprint density at radius 2 is 1.74 bits per heavy atom. The summed E-state index contributed by atoms with van der Waals surface area (Å²) in [5.74, 6) is -2.30. The molecule has 2 aromatic heterocycles. The largest absolute Gasteiger partial charge is 0.485 e. The number of aryl methyl sites for hydroxylation is 1. The zero-order valence-corrected chi connectivity index (χ0v) is 26.1. The van der Waals surface area contributed by atoms with Gasteiger partial charge in [-0.3, -0.25) is 9.78 Å². The second-order valence-corrected chi connectivity index (χ2v) is 11.5. The number of aliphatic hydroxyl groups is 1. The van der Waals surface area contributed by atoms with Crippen molar-refractivity contribution in [2.24, 2.45) is 0 Å². The molecule has 1 aliphatic rings. The number of pyridine rings is 2. The fraction of sp³-hybridized carbons (Fsp3) is 0.265. The summed E-state index contributed by atoms with van der Waals surface area (Å²) in [6, 6.07) is 18.3. The molecule has 46 heavy (non-hydrogen) atoms.